The van der Waals surface area contributed by atoms with Gasteiger partial charge in [0.1, 0.15) is 12.1 Å². The van der Waals surface area contributed by atoms with E-state index in [1.807, 2.05) is 13.8 Å². The molecule has 0 amide bonds. The van der Waals surface area contributed by atoms with E-state index in [9.17, 15) is 0 Å². The van der Waals surface area contributed by atoms with E-state index < -0.39 is 0 Å². The Morgan fingerprint density at radius 1 is 1.44 bits per heavy atom. The van der Waals surface area contributed by atoms with E-state index in [1.54, 1.807) is 6.33 Å². The summed E-state index contributed by atoms with van der Waals surface area (Å²) in [7, 11) is 0. The Labute approximate surface area is 108 Å². The quantitative estimate of drug-likeness (QED) is 0.874. The zero-order valence-corrected chi connectivity index (χ0v) is 11.6. The zero-order chi connectivity index (χ0) is 13.3. The number of anilines is 1. The Balaban J connectivity index is 2.15. The normalized spacial score (nSPS) is 17.8. The third-order valence-electron chi connectivity index (χ3n) is 3.71. The molecule has 18 heavy (non-hydrogen) atoms. The van der Waals surface area contributed by atoms with Crippen LogP contribution in [0, 0.1) is 12.8 Å². The van der Waals surface area contributed by atoms with Gasteiger partial charge in [-0.2, -0.15) is 0 Å². The molecule has 1 aliphatic heterocycles. The lowest BCUT2D eigenvalue weighted by Gasteiger charge is -2.51. The van der Waals surface area contributed by atoms with Crippen molar-refractivity contribution in [1.29, 1.82) is 0 Å². The van der Waals surface area contributed by atoms with Crippen LogP contribution in [0.1, 0.15) is 26.3 Å². The topological polar surface area (TPSA) is 64.3 Å². The molecule has 0 aromatic carbocycles. The molecule has 0 aliphatic carbocycles. The van der Waals surface area contributed by atoms with Crippen molar-refractivity contribution in [2.75, 3.05) is 24.6 Å². The van der Waals surface area contributed by atoms with Crippen LogP contribution in [0.5, 0.6) is 5.88 Å². The van der Waals surface area contributed by atoms with Crippen LogP contribution < -0.4 is 15.4 Å². The third-order valence-corrected chi connectivity index (χ3v) is 3.71. The number of ether oxygens (including phenoxy) is 1. The maximum atomic E-state index is 6.30. The van der Waals surface area contributed by atoms with E-state index in [-0.39, 0.29) is 5.54 Å². The first kappa shape index (κ1) is 13.1. The molecule has 1 aromatic heterocycles. The van der Waals surface area contributed by atoms with Crippen LogP contribution in [0.3, 0.4) is 0 Å². The number of nitrogens with zero attached hydrogens (tertiary/aromatic N) is 3. The molecule has 0 saturated carbocycles. The lowest BCUT2D eigenvalue weighted by atomic mass is 9.80. The van der Waals surface area contributed by atoms with Gasteiger partial charge < -0.3 is 15.4 Å². The maximum absolute atomic E-state index is 6.30. The second-order valence-electron chi connectivity index (χ2n) is 5.30. The van der Waals surface area contributed by atoms with Crippen molar-refractivity contribution < 1.29 is 4.74 Å². The second-order valence-corrected chi connectivity index (χ2v) is 5.30. The van der Waals surface area contributed by atoms with Gasteiger partial charge in [-0.15, -0.1) is 0 Å². The molecule has 1 aliphatic rings. The molecule has 0 spiro atoms. The standard InChI is InChI=1S/C13H22N4O/c1-5-18-12-10(4)11(15-8-16-12)17-6-13(14,7-17)9(2)3/h8-9H,5-7,14H2,1-4H3. The van der Waals surface area contributed by atoms with E-state index in [0.717, 1.165) is 24.5 Å². The van der Waals surface area contributed by atoms with Gasteiger partial charge in [0.25, 0.3) is 0 Å². The Morgan fingerprint density at radius 2 is 2.11 bits per heavy atom. The summed E-state index contributed by atoms with van der Waals surface area (Å²) in [6.07, 6.45) is 1.55. The monoisotopic (exact) mass is 250 g/mol. The molecule has 0 atom stereocenters. The largest absolute Gasteiger partial charge is 0.478 e. The van der Waals surface area contributed by atoms with Crippen LogP contribution in [0.25, 0.3) is 0 Å². The van der Waals surface area contributed by atoms with Crippen LogP contribution in [-0.2, 0) is 0 Å². The molecular weight excluding hydrogens is 228 g/mol. The highest BCUT2D eigenvalue weighted by Gasteiger charge is 2.43. The number of aromatic nitrogens is 2. The summed E-state index contributed by atoms with van der Waals surface area (Å²) < 4.78 is 5.49. The van der Waals surface area contributed by atoms with Crippen molar-refractivity contribution in [2.45, 2.75) is 33.2 Å². The van der Waals surface area contributed by atoms with E-state index in [1.165, 1.54) is 0 Å². The molecule has 0 radical (unpaired) electrons. The molecule has 5 nitrogen and oxygen atoms in total. The lowest BCUT2D eigenvalue weighted by molar-refractivity contribution is 0.242. The minimum absolute atomic E-state index is 0.0941. The van der Waals surface area contributed by atoms with Crippen LogP contribution in [0.15, 0.2) is 6.33 Å². The van der Waals surface area contributed by atoms with E-state index in [0.29, 0.717) is 18.4 Å². The molecule has 1 saturated heterocycles. The Morgan fingerprint density at radius 3 is 2.67 bits per heavy atom. The predicted octanol–water partition coefficient (Wildman–Crippen LogP) is 1.36. The van der Waals surface area contributed by atoms with Gasteiger partial charge in [-0.3, -0.25) is 0 Å². The molecule has 1 aromatic rings. The van der Waals surface area contributed by atoms with Crippen molar-refractivity contribution in [3.8, 4) is 5.88 Å². The van der Waals surface area contributed by atoms with Crippen LogP contribution in [0.4, 0.5) is 5.82 Å². The van der Waals surface area contributed by atoms with Gasteiger partial charge in [-0.25, -0.2) is 9.97 Å². The number of rotatable bonds is 4. The summed E-state index contributed by atoms with van der Waals surface area (Å²) >= 11 is 0. The fraction of sp³-hybridized carbons (Fsp3) is 0.692. The van der Waals surface area contributed by atoms with Crippen LogP contribution >= 0.6 is 0 Å². The fourth-order valence-corrected chi connectivity index (χ4v) is 2.21. The summed E-state index contributed by atoms with van der Waals surface area (Å²) in [5, 5.41) is 0. The zero-order valence-electron chi connectivity index (χ0n) is 11.6. The summed E-state index contributed by atoms with van der Waals surface area (Å²) in [5.41, 5.74) is 7.20. The minimum Gasteiger partial charge on any atom is -0.478 e. The molecule has 100 valence electrons. The van der Waals surface area contributed by atoms with Crippen molar-refractivity contribution in [3.63, 3.8) is 0 Å². The first-order valence-corrected chi connectivity index (χ1v) is 6.46. The van der Waals surface area contributed by atoms with Gasteiger partial charge >= 0.3 is 0 Å². The third kappa shape index (κ3) is 2.14. The Hall–Kier alpha value is -1.36. The fourth-order valence-electron chi connectivity index (χ4n) is 2.21. The van der Waals surface area contributed by atoms with Gasteiger partial charge in [-0.05, 0) is 19.8 Å². The molecule has 2 N–H and O–H groups in total. The average Bonchev–Trinajstić information content (AvgIpc) is 2.28. The van der Waals surface area contributed by atoms with Crippen LogP contribution in [-0.4, -0.2) is 35.2 Å². The molecule has 0 bridgehead atoms. The van der Waals surface area contributed by atoms with Gasteiger partial charge in [0, 0.05) is 13.1 Å². The van der Waals surface area contributed by atoms with Gasteiger partial charge in [0.15, 0.2) is 0 Å². The highest BCUT2D eigenvalue weighted by atomic mass is 16.5. The maximum Gasteiger partial charge on any atom is 0.221 e. The SMILES string of the molecule is CCOc1ncnc(N2CC(N)(C(C)C)C2)c1C. The Bertz CT molecular complexity index is 427. The van der Waals surface area contributed by atoms with Gasteiger partial charge in [0.2, 0.25) is 5.88 Å². The smallest absolute Gasteiger partial charge is 0.221 e. The van der Waals surface area contributed by atoms with Crippen molar-refractivity contribution in [2.24, 2.45) is 11.7 Å². The average molecular weight is 250 g/mol. The number of hydrogen-bond donors (Lipinski definition) is 1. The summed E-state index contributed by atoms with van der Waals surface area (Å²) in [6.45, 7) is 10.6. The summed E-state index contributed by atoms with van der Waals surface area (Å²) in [5.74, 6) is 2.08. The summed E-state index contributed by atoms with van der Waals surface area (Å²) in [6, 6.07) is 0. The molecule has 5 heteroatoms. The first-order chi connectivity index (χ1) is 8.48. The number of nitrogens with two attached hydrogens (primary N) is 1. The first-order valence-electron chi connectivity index (χ1n) is 6.46. The molecule has 1 fully saturated rings. The molecular formula is C13H22N4O. The molecule has 2 heterocycles. The number of hydrogen-bond acceptors (Lipinski definition) is 5. The molecule has 2 rings (SSSR count). The second kappa shape index (κ2) is 4.72. The van der Waals surface area contributed by atoms with Crippen molar-refractivity contribution >= 4 is 5.82 Å². The van der Waals surface area contributed by atoms with Gasteiger partial charge in [0.05, 0.1) is 17.7 Å². The minimum atomic E-state index is -0.0941. The van der Waals surface area contributed by atoms with Crippen molar-refractivity contribution in [3.05, 3.63) is 11.9 Å². The van der Waals surface area contributed by atoms with E-state index in [2.05, 4.69) is 28.7 Å². The highest BCUT2D eigenvalue weighted by Crippen LogP contribution is 2.33. The predicted molar refractivity (Wildman–Crippen MR) is 71.9 cm³/mol. The van der Waals surface area contributed by atoms with Gasteiger partial charge in [-0.1, -0.05) is 13.8 Å². The van der Waals surface area contributed by atoms with Crippen molar-refractivity contribution in [1.82, 2.24) is 9.97 Å². The molecule has 0 unspecified atom stereocenters. The van der Waals surface area contributed by atoms with E-state index in [4.69, 9.17) is 10.5 Å². The van der Waals surface area contributed by atoms with E-state index >= 15 is 0 Å². The van der Waals surface area contributed by atoms with Crippen LogP contribution in [0.2, 0.25) is 0 Å². The summed E-state index contributed by atoms with van der Waals surface area (Å²) in [4.78, 5) is 10.7. The lowest BCUT2D eigenvalue weighted by Crippen LogP contribution is -2.70. The highest BCUT2D eigenvalue weighted by molar-refractivity contribution is 5.53. The Kier molecular flexibility index (Phi) is 3.43.